The van der Waals surface area contributed by atoms with Gasteiger partial charge in [0, 0.05) is 58.3 Å². The zero-order valence-electron chi connectivity index (χ0n) is 20.3. The van der Waals surface area contributed by atoms with Gasteiger partial charge in [-0.15, -0.1) is 12.4 Å². The summed E-state index contributed by atoms with van der Waals surface area (Å²) in [5, 5.41) is 1.95. The van der Waals surface area contributed by atoms with Crippen molar-refractivity contribution in [1.82, 2.24) is 19.0 Å². The SMILES string of the molecule is Cl.O=C(C1CCN(S(=O)(=O)c2ccc3ccccc3c2)CC1)N1CCN(CCN2CCCC2)CC1. The van der Waals surface area contributed by atoms with Gasteiger partial charge in [-0.25, -0.2) is 8.42 Å². The van der Waals surface area contributed by atoms with Gasteiger partial charge < -0.3 is 9.80 Å². The lowest BCUT2D eigenvalue weighted by atomic mass is 9.96. The summed E-state index contributed by atoms with van der Waals surface area (Å²) >= 11 is 0. The Hall–Kier alpha value is -1.71. The van der Waals surface area contributed by atoms with Crippen LogP contribution in [-0.2, 0) is 14.8 Å². The summed E-state index contributed by atoms with van der Waals surface area (Å²) in [4.78, 5) is 20.5. The van der Waals surface area contributed by atoms with E-state index in [0.29, 0.717) is 30.8 Å². The monoisotopic (exact) mass is 520 g/mol. The lowest BCUT2D eigenvalue weighted by Gasteiger charge is -2.38. The summed E-state index contributed by atoms with van der Waals surface area (Å²) in [5.41, 5.74) is 0. The molecule has 192 valence electrons. The number of nitrogens with zero attached hydrogens (tertiary/aromatic N) is 4. The molecular formula is C26H37ClN4O3S. The largest absolute Gasteiger partial charge is 0.340 e. The molecule has 0 bridgehead atoms. The van der Waals surface area contributed by atoms with Crippen molar-refractivity contribution in [1.29, 1.82) is 0 Å². The molecule has 3 fully saturated rings. The third-order valence-corrected chi connectivity index (χ3v) is 9.67. The molecule has 0 spiro atoms. The molecule has 0 N–H and O–H groups in total. The number of benzene rings is 2. The number of fused-ring (bicyclic) bond motifs is 1. The summed E-state index contributed by atoms with van der Waals surface area (Å²) in [6.07, 6.45) is 3.84. The molecule has 5 rings (SSSR count). The van der Waals surface area contributed by atoms with Crippen LogP contribution in [0.25, 0.3) is 10.8 Å². The minimum atomic E-state index is -3.55. The van der Waals surface area contributed by atoms with E-state index in [1.165, 1.54) is 25.9 Å². The van der Waals surface area contributed by atoms with Gasteiger partial charge in [0.05, 0.1) is 4.90 Å². The number of amides is 1. The molecule has 0 aliphatic carbocycles. The first kappa shape index (κ1) is 26.4. The Morgan fingerprint density at radius 1 is 0.771 bits per heavy atom. The zero-order valence-corrected chi connectivity index (χ0v) is 22.0. The van der Waals surface area contributed by atoms with Crippen molar-refractivity contribution < 1.29 is 13.2 Å². The Morgan fingerprint density at radius 3 is 2.03 bits per heavy atom. The van der Waals surface area contributed by atoms with Crippen molar-refractivity contribution in [2.75, 3.05) is 65.4 Å². The second-order valence-electron chi connectivity index (χ2n) is 9.90. The third-order valence-electron chi connectivity index (χ3n) is 7.78. The molecule has 0 radical (unpaired) electrons. The molecule has 7 nitrogen and oxygen atoms in total. The zero-order chi connectivity index (χ0) is 23.5. The fourth-order valence-corrected chi connectivity index (χ4v) is 7.06. The van der Waals surface area contributed by atoms with Crippen molar-refractivity contribution in [3.63, 3.8) is 0 Å². The van der Waals surface area contributed by atoms with Gasteiger partial charge in [-0.3, -0.25) is 9.69 Å². The maximum absolute atomic E-state index is 13.2. The summed E-state index contributed by atoms with van der Waals surface area (Å²) in [5.74, 6) is 0.140. The Balaban J connectivity index is 0.00000289. The Morgan fingerprint density at radius 2 is 1.37 bits per heavy atom. The predicted octanol–water partition coefficient (Wildman–Crippen LogP) is 2.90. The van der Waals surface area contributed by atoms with Crippen LogP contribution in [0.3, 0.4) is 0 Å². The molecule has 35 heavy (non-hydrogen) atoms. The number of halogens is 1. The highest BCUT2D eigenvalue weighted by molar-refractivity contribution is 7.89. The van der Waals surface area contributed by atoms with Gasteiger partial charge in [-0.05, 0) is 61.7 Å². The average Bonchev–Trinajstić information content (AvgIpc) is 3.41. The van der Waals surface area contributed by atoms with E-state index in [-0.39, 0.29) is 24.2 Å². The number of sulfonamides is 1. The van der Waals surface area contributed by atoms with Crippen LogP contribution >= 0.6 is 12.4 Å². The third kappa shape index (κ3) is 6.00. The standard InChI is InChI=1S/C26H36N4O3S.ClH/c31-26(29-19-17-28(18-20-29)16-15-27-11-3-4-12-27)23-9-13-30(14-10-23)34(32,33)25-8-7-22-5-1-2-6-24(22)21-25;/h1-2,5-8,21,23H,3-4,9-20H2;1H. The normalized spacial score (nSPS) is 21.3. The van der Waals surface area contributed by atoms with E-state index in [2.05, 4.69) is 9.80 Å². The molecule has 0 aromatic heterocycles. The van der Waals surface area contributed by atoms with Crippen molar-refractivity contribution in [3.8, 4) is 0 Å². The van der Waals surface area contributed by atoms with Crippen LogP contribution in [0.2, 0.25) is 0 Å². The lowest BCUT2D eigenvalue weighted by Crippen LogP contribution is -2.52. The van der Waals surface area contributed by atoms with Gasteiger partial charge in [0.1, 0.15) is 0 Å². The van der Waals surface area contributed by atoms with Crippen LogP contribution in [0.5, 0.6) is 0 Å². The van der Waals surface area contributed by atoms with Crippen molar-refractivity contribution in [2.24, 2.45) is 5.92 Å². The van der Waals surface area contributed by atoms with Crippen LogP contribution in [0.1, 0.15) is 25.7 Å². The van der Waals surface area contributed by atoms with Crippen molar-refractivity contribution in [2.45, 2.75) is 30.6 Å². The highest BCUT2D eigenvalue weighted by atomic mass is 35.5. The molecule has 1 amide bonds. The van der Waals surface area contributed by atoms with Crippen LogP contribution in [-0.4, -0.2) is 98.8 Å². The van der Waals surface area contributed by atoms with Crippen LogP contribution < -0.4 is 0 Å². The second kappa shape index (κ2) is 11.6. The molecule has 3 saturated heterocycles. The number of piperazine rings is 1. The molecule has 3 aliphatic rings. The van der Waals surface area contributed by atoms with Gasteiger partial charge in [0.25, 0.3) is 0 Å². The summed E-state index contributed by atoms with van der Waals surface area (Å²) < 4.78 is 28.0. The molecule has 3 aliphatic heterocycles. The highest BCUT2D eigenvalue weighted by Crippen LogP contribution is 2.27. The van der Waals surface area contributed by atoms with Gasteiger partial charge in [0.2, 0.25) is 15.9 Å². The van der Waals surface area contributed by atoms with E-state index in [9.17, 15) is 13.2 Å². The maximum Gasteiger partial charge on any atom is 0.243 e. The molecule has 9 heteroatoms. The Kier molecular flexibility index (Phi) is 8.71. The van der Waals surface area contributed by atoms with Gasteiger partial charge in [-0.1, -0.05) is 30.3 Å². The number of carbonyl (C=O) groups is 1. The first-order chi connectivity index (χ1) is 16.5. The fourth-order valence-electron chi connectivity index (χ4n) is 5.56. The fraction of sp³-hybridized carbons (Fsp3) is 0.577. The minimum Gasteiger partial charge on any atom is -0.340 e. The summed E-state index contributed by atoms with van der Waals surface area (Å²) in [6, 6.07) is 13.1. The number of likely N-dealkylation sites (tertiary alicyclic amines) is 1. The quantitative estimate of drug-likeness (QED) is 0.586. The molecule has 0 atom stereocenters. The molecule has 0 unspecified atom stereocenters. The summed E-state index contributed by atoms with van der Waals surface area (Å²) in [7, 11) is -3.55. The van der Waals surface area contributed by atoms with Gasteiger partial charge in [-0.2, -0.15) is 4.31 Å². The number of hydrogen-bond donors (Lipinski definition) is 0. The number of hydrogen-bond acceptors (Lipinski definition) is 5. The van der Waals surface area contributed by atoms with Crippen molar-refractivity contribution in [3.05, 3.63) is 42.5 Å². The molecule has 0 saturated carbocycles. The van der Waals surface area contributed by atoms with E-state index < -0.39 is 10.0 Å². The Bertz CT molecular complexity index is 1110. The molecule has 3 heterocycles. The van der Waals surface area contributed by atoms with E-state index in [1.54, 1.807) is 16.4 Å². The Labute approximate surface area is 215 Å². The van der Waals surface area contributed by atoms with Gasteiger partial charge in [0.15, 0.2) is 0 Å². The maximum atomic E-state index is 13.2. The van der Waals surface area contributed by atoms with Crippen molar-refractivity contribution >= 4 is 39.1 Å². The number of carbonyl (C=O) groups excluding carboxylic acids is 1. The minimum absolute atomic E-state index is 0. The first-order valence-corrected chi connectivity index (χ1v) is 14.2. The van der Waals surface area contributed by atoms with E-state index >= 15 is 0 Å². The van der Waals surface area contributed by atoms with Crippen LogP contribution in [0.15, 0.2) is 47.4 Å². The topological polar surface area (TPSA) is 64.2 Å². The number of piperidine rings is 1. The van der Waals surface area contributed by atoms with Gasteiger partial charge >= 0.3 is 0 Å². The highest BCUT2D eigenvalue weighted by Gasteiger charge is 2.34. The summed E-state index contributed by atoms with van der Waals surface area (Å²) in [6.45, 7) is 8.95. The second-order valence-corrected chi connectivity index (χ2v) is 11.8. The average molecular weight is 521 g/mol. The first-order valence-electron chi connectivity index (χ1n) is 12.7. The van der Waals surface area contributed by atoms with E-state index in [1.807, 2.05) is 35.2 Å². The lowest BCUT2D eigenvalue weighted by molar-refractivity contribution is -0.138. The van der Waals surface area contributed by atoms with Crippen LogP contribution in [0, 0.1) is 5.92 Å². The molecular weight excluding hydrogens is 484 g/mol. The predicted molar refractivity (Wildman–Crippen MR) is 141 cm³/mol. The van der Waals surface area contributed by atoms with E-state index in [4.69, 9.17) is 0 Å². The molecule has 2 aromatic carbocycles. The number of rotatable bonds is 6. The smallest absolute Gasteiger partial charge is 0.243 e. The van der Waals surface area contributed by atoms with Crippen LogP contribution in [0.4, 0.5) is 0 Å². The molecule has 2 aromatic rings. The van der Waals surface area contributed by atoms with E-state index in [0.717, 1.165) is 50.0 Å².